The number of nitrogens with zero attached hydrogens (tertiary/aromatic N) is 2. The molecule has 2 atom stereocenters. The fraction of sp³-hybridized carbons (Fsp3) is 0.300. The van der Waals surface area contributed by atoms with E-state index in [1.807, 2.05) is 0 Å². The number of aliphatic imine (C=N–C) groups is 1. The van der Waals surface area contributed by atoms with Crippen LogP contribution in [0.1, 0.15) is 36.0 Å². The summed E-state index contributed by atoms with van der Waals surface area (Å²) in [7, 11) is 0. The molecule has 2 aromatic rings. The van der Waals surface area contributed by atoms with Crippen molar-refractivity contribution < 1.29 is 8.78 Å². The molecule has 2 aliphatic rings. The van der Waals surface area contributed by atoms with E-state index in [0.29, 0.717) is 16.3 Å². The molecule has 1 aliphatic heterocycles. The van der Waals surface area contributed by atoms with Gasteiger partial charge in [-0.2, -0.15) is 4.39 Å². The van der Waals surface area contributed by atoms with Crippen molar-refractivity contribution in [2.45, 2.75) is 24.8 Å². The highest BCUT2D eigenvalue weighted by Gasteiger charge is 2.47. The van der Waals surface area contributed by atoms with Crippen LogP contribution in [0.4, 0.5) is 8.78 Å². The SMILES string of the molecule is NC1=N[C@@]2(c3cc(C#Cc4cccnc4F)ccc3F)CCC[C@H]2CS1. The quantitative estimate of drug-likeness (QED) is 0.614. The molecule has 1 fully saturated rings. The van der Waals surface area contributed by atoms with Crippen LogP contribution in [-0.4, -0.2) is 15.9 Å². The minimum absolute atomic E-state index is 0.214. The molecule has 1 aromatic carbocycles. The van der Waals surface area contributed by atoms with Gasteiger partial charge < -0.3 is 5.73 Å². The van der Waals surface area contributed by atoms with Gasteiger partial charge in [0.2, 0.25) is 5.95 Å². The Morgan fingerprint density at radius 1 is 1.23 bits per heavy atom. The number of pyridine rings is 1. The second-order valence-electron chi connectivity index (χ2n) is 6.56. The van der Waals surface area contributed by atoms with Gasteiger partial charge in [-0.15, -0.1) is 0 Å². The van der Waals surface area contributed by atoms with Crippen LogP contribution in [0.3, 0.4) is 0 Å². The number of hydrogen-bond donors (Lipinski definition) is 1. The highest BCUT2D eigenvalue weighted by atomic mass is 32.2. The molecule has 2 N–H and O–H groups in total. The van der Waals surface area contributed by atoms with Crippen molar-refractivity contribution in [1.29, 1.82) is 0 Å². The molecule has 26 heavy (non-hydrogen) atoms. The lowest BCUT2D eigenvalue weighted by molar-refractivity contribution is 0.341. The van der Waals surface area contributed by atoms with Crippen molar-refractivity contribution in [3.63, 3.8) is 0 Å². The average Bonchev–Trinajstić information content (AvgIpc) is 3.06. The monoisotopic (exact) mass is 369 g/mol. The molecule has 3 nitrogen and oxygen atoms in total. The summed E-state index contributed by atoms with van der Waals surface area (Å²) in [5.74, 6) is 5.90. The molecule has 6 heteroatoms. The number of rotatable bonds is 1. The van der Waals surface area contributed by atoms with Crippen LogP contribution < -0.4 is 5.73 Å². The van der Waals surface area contributed by atoms with E-state index in [1.54, 1.807) is 24.3 Å². The lowest BCUT2D eigenvalue weighted by Gasteiger charge is -2.36. The Bertz CT molecular complexity index is 948. The van der Waals surface area contributed by atoms with Gasteiger partial charge in [-0.25, -0.2) is 9.37 Å². The van der Waals surface area contributed by atoms with Gasteiger partial charge in [0.25, 0.3) is 0 Å². The fourth-order valence-electron chi connectivity index (χ4n) is 3.81. The van der Waals surface area contributed by atoms with Gasteiger partial charge in [0.05, 0.1) is 11.1 Å². The van der Waals surface area contributed by atoms with Gasteiger partial charge in [-0.05, 0) is 49.1 Å². The minimum Gasteiger partial charge on any atom is -0.379 e. The third-order valence-electron chi connectivity index (χ3n) is 5.06. The van der Waals surface area contributed by atoms with E-state index in [1.165, 1.54) is 24.0 Å². The number of fused-ring (bicyclic) bond motifs is 1. The number of halogens is 2. The third-order valence-corrected chi connectivity index (χ3v) is 6.02. The zero-order valence-electron chi connectivity index (χ0n) is 14.0. The number of aromatic nitrogens is 1. The van der Waals surface area contributed by atoms with Crippen LogP contribution in [0, 0.1) is 29.5 Å². The first-order valence-corrected chi connectivity index (χ1v) is 9.48. The maximum Gasteiger partial charge on any atom is 0.228 e. The first-order chi connectivity index (χ1) is 12.6. The largest absolute Gasteiger partial charge is 0.379 e. The molecular weight excluding hydrogens is 352 g/mol. The summed E-state index contributed by atoms with van der Waals surface area (Å²) >= 11 is 1.54. The summed E-state index contributed by atoms with van der Waals surface area (Å²) in [6.07, 6.45) is 4.17. The van der Waals surface area contributed by atoms with Gasteiger partial charge in [0.1, 0.15) is 5.82 Å². The van der Waals surface area contributed by atoms with E-state index in [0.717, 1.165) is 25.0 Å². The van der Waals surface area contributed by atoms with Gasteiger partial charge in [-0.1, -0.05) is 30.0 Å². The smallest absolute Gasteiger partial charge is 0.228 e. The molecule has 1 aromatic heterocycles. The first kappa shape index (κ1) is 17.0. The zero-order chi connectivity index (χ0) is 18.1. The van der Waals surface area contributed by atoms with Crippen LogP contribution in [0.5, 0.6) is 0 Å². The normalized spacial score (nSPS) is 24.4. The van der Waals surface area contributed by atoms with Crippen LogP contribution in [-0.2, 0) is 5.54 Å². The lowest BCUT2D eigenvalue weighted by atomic mass is 9.80. The van der Waals surface area contributed by atoms with Crippen molar-refractivity contribution in [2.75, 3.05) is 5.75 Å². The zero-order valence-corrected chi connectivity index (χ0v) is 14.8. The summed E-state index contributed by atoms with van der Waals surface area (Å²) in [6, 6.07) is 7.95. The van der Waals surface area contributed by atoms with Crippen molar-refractivity contribution in [2.24, 2.45) is 16.6 Å². The second-order valence-corrected chi connectivity index (χ2v) is 7.60. The van der Waals surface area contributed by atoms with E-state index in [2.05, 4.69) is 21.8 Å². The topological polar surface area (TPSA) is 51.3 Å². The minimum atomic E-state index is -0.613. The van der Waals surface area contributed by atoms with Gasteiger partial charge in [0, 0.05) is 23.1 Å². The summed E-state index contributed by atoms with van der Waals surface area (Å²) in [6.45, 7) is 0. The van der Waals surface area contributed by atoms with E-state index >= 15 is 0 Å². The van der Waals surface area contributed by atoms with Crippen molar-refractivity contribution in [3.8, 4) is 11.8 Å². The maximum absolute atomic E-state index is 14.7. The molecule has 4 rings (SSSR count). The Balaban J connectivity index is 1.76. The average molecular weight is 369 g/mol. The first-order valence-electron chi connectivity index (χ1n) is 8.49. The van der Waals surface area contributed by atoms with Crippen LogP contribution in [0.25, 0.3) is 0 Å². The van der Waals surface area contributed by atoms with Crippen molar-refractivity contribution in [3.05, 3.63) is 65.0 Å². The number of nitrogens with two attached hydrogens (primary N) is 1. The Morgan fingerprint density at radius 2 is 2.12 bits per heavy atom. The highest BCUT2D eigenvalue weighted by molar-refractivity contribution is 8.13. The molecule has 0 radical (unpaired) electrons. The van der Waals surface area contributed by atoms with Crippen LogP contribution in [0.15, 0.2) is 41.5 Å². The van der Waals surface area contributed by atoms with E-state index in [4.69, 9.17) is 5.73 Å². The molecule has 0 unspecified atom stereocenters. The Hall–Kier alpha value is -2.39. The third kappa shape index (κ3) is 2.97. The van der Waals surface area contributed by atoms with Crippen LogP contribution in [0.2, 0.25) is 0 Å². The van der Waals surface area contributed by atoms with Crippen molar-refractivity contribution >= 4 is 16.9 Å². The lowest BCUT2D eigenvalue weighted by Crippen LogP contribution is -2.37. The molecule has 0 saturated heterocycles. The van der Waals surface area contributed by atoms with Gasteiger partial charge in [0.15, 0.2) is 5.17 Å². The number of hydrogen-bond acceptors (Lipinski definition) is 4. The number of thioether (sulfide) groups is 1. The Labute approximate surface area is 155 Å². The molecule has 0 amide bonds. The Kier molecular flexibility index (Phi) is 4.41. The summed E-state index contributed by atoms with van der Waals surface area (Å²) in [5.41, 5.74) is 6.75. The summed E-state index contributed by atoms with van der Waals surface area (Å²) in [4.78, 5) is 8.26. The maximum atomic E-state index is 14.7. The van der Waals surface area contributed by atoms with Gasteiger partial charge >= 0.3 is 0 Å². The fourth-order valence-corrected chi connectivity index (χ4v) is 4.85. The number of benzene rings is 1. The molecular formula is C20H17F2N3S. The highest BCUT2D eigenvalue weighted by Crippen LogP contribution is 2.51. The molecule has 1 aliphatic carbocycles. The molecule has 2 heterocycles. The van der Waals surface area contributed by atoms with E-state index < -0.39 is 11.5 Å². The summed E-state index contributed by atoms with van der Waals surface area (Å²) in [5, 5.41) is 0.511. The Morgan fingerprint density at radius 3 is 2.96 bits per heavy atom. The van der Waals surface area contributed by atoms with Gasteiger partial charge in [-0.3, -0.25) is 4.99 Å². The van der Waals surface area contributed by atoms with E-state index in [9.17, 15) is 8.78 Å². The molecule has 0 spiro atoms. The number of amidine groups is 1. The van der Waals surface area contributed by atoms with E-state index in [-0.39, 0.29) is 17.3 Å². The van der Waals surface area contributed by atoms with Crippen LogP contribution >= 0.6 is 11.8 Å². The molecule has 132 valence electrons. The predicted octanol–water partition coefficient (Wildman–Crippen LogP) is 3.82. The second kappa shape index (κ2) is 6.73. The summed E-state index contributed by atoms with van der Waals surface area (Å²) < 4.78 is 28.3. The molecule has 1 saturated carbocycles. The predicted molar refractivity (Wildman–Crippen MR) is 99.7 cm³/mol. The standard InChI is InChI=1S/C20H17F2N3S/c21-17-8-6-13(5-7-14-3-2-10-24-18(14)22)11-16(17)20-9-1-4-15(20)12-26-19(23)25-20/h2-3,6,8,10-11,15H,1,4,9,12H2,(H2,23,25)/t15-,20-/m0/s1. The molecule has 0 bridgehead atoms. The van der Waals surface area contributed by atoms with Crippen molar-refractivity contribution in [1.82, 2.24) is 4.98 Å².